The molecule has 1 aliphatic rings. The smallest absolute Gasteiger partial charge is 0.254 e. The maximum Gasteiger partial charge on any atom is 0.254 e. The van der Waals surface area contributed by atoms with Crippen molar-refractivity contribution in [3.8, 4) is 0 Å². The van der Waals surface area contributed by atoms with E-state index in [1.165, 1.54) is 0 Å². The van der Waals surface area contributed by atoms with Crippen LogP contribution in [0.15, 0.2) is 48.9 Å². The zero-order valence-electron chi connectivity index (χ0n) is 15.2. The van der Waals surface area contributed by atoms with E-state index in [9.17, 15) is 4.79 Å². The minimum Gasteiger partial charge on any atom is -0.353 e. The number of anilines is 1. The number of rotatable bonds is 3. The molecular weight excluding hydrogens is 326 g/mol. The van der Waals surface area contributed by atoms with Crippen molar-refractivity contribution in [2.75, 3.05) is 31.1 Å². The fourth-order valence-corrected chi connectivity index (χ4v) is 3.44. The van der Waals surface area contributed by atoms with Crippen molar-refractivity contribution in [2.45, 2.75) is 19.9 Å². The van der Waals surface area contributed by atoms with E-state index >= 15 is 0 Å². The Morgan fingerprint density at radius 1 is 1.04 bits per heavy atom. The molecule has 1 aromatic carbocycles. The summed E-state index contributed by atoms with van der Waals surface area (Å²) in [7, 11) is 0. The topological polar surface area (TPSA) is 54.3 Å². The molecule has 0 spiro atoms. The monoisotopic (exact) mass is 349 g/mol. The number of benzene rings is 1. The van der Waals surface area contributed by atoms with E-state index in [1.807, 2.05) is 47.6 Å². The van der Waals surface area contributed by atoms with E-state index in [-0.39, 0.29) is 5.91 Å². The normalized spacial score (nSPS) is 15.0. The first-order valence-corrected chi connectivity index (χ1v) is 9.05. The third-order valence-corrected chi connectivity index (χ3v) is 4.92. The Kier molecular flexibility index (Phi) is 4.32. The second kappa shape index (κ2) is 6.78. The third-order valence-electron chi connectivity index (χ3n) is 4.92. The Balaban J connectivity index is 1.47. The molecule has 0 unspecified atom stereocenters. The van der Waals surface area contributed by atoms with Crippen molar-refractivity contribution in [2.24, 2.45) is 0 Å². The van der Waals surface area contributed by atoms with Crippen LogP contribution in [0.4, 0.5) is 5.82 Å². The molecule has 6 nitrogen and oxygen atoms in total. The average Bonchev–Trinajstić information content (AvgIpc) is 3.12. The largest absolute Gasteiger partial charge is 0.353 e. The van der Waals surface area contributed by atoms with Crippen molar-refractivity contribution in [1.82, 2.24) is 19.4 Å². The number of hydrogen-bond acceptors (Lipinski definition) is 4. The molecule has 0 aliphatic carbocycles. The van der Waals surface area contributed by atoms with Crippen LogP contribution in [-0.4, -0.2) is 51.5 Å². The van der Waals surface area contributed by atoms with Crippen LogP contribution in [0.3, 0.4) is 0 Å². The van der Waals surface area contributed by atoms with Gasteiger partial charge in [-0.05, 0) is 44.2 Å². The second-order valence-electron chi connectivity index (χ2n) is 6.92. The lowest BCUT2D eigenvalue weighted by Gasteiger charge is -2.35. The summed E-state index contributed by atoms with van der Waals surface area (Å²) in [5, 5.41) is 0. The molecule has 26 heavy (non-hydrogen) atoms. The summed E-state index contributed by atoms with van der Waals surface area (Å²) < 4.78 is 2.12. The Morgan fingerprint density at radius 3 is 2.54 bits per heavy atom. The Morgan fingerprint density at radius 2 is 1.85 bits per heavy atom. The van der Waals surface area contributed by atoms with Crippen molar-refractivity contribution >= 4 is 22.8 Å². The number of imidazole rings is 1. The van der Waals surface area contributed by atoms with Crippen molar-refractivity contribution < 1.29 is 4.79 Å². The number of hydrogen-bond donors (Lipinski definition) is 0. The molecule has 6 heteroatoms. The zero-order chi connectivity index (χ0) is 18.1. The number of fused-ring (bicyclic) bond motifs is 1. The fourth-order valence-electron chi connectivity index (χ4n) is 3.44. The summed E-state index contributed by atoms with van der Waals surface area (Å²) in [6.45, 7) is 7.25. The number of carbonyl (C=O) groups is 1. The van der Waals surface area contributed by atoms with Gasteiger partial charge in [-0.2, -0.15) is 0 Å². The van der Waals surface area contributed by atoms with Crippen molar-refractivity contribution in [1.29, 1.82) is 0 Å². The second-order valence-corrected chi connectivity index (χ2v) is 6.92. The summed E-state index contributed by atoms with van der Waals surface area (Å²) in [6, 6.07) is 12.1. The summed E-state index contributed by atoms with van der Waals surface area (Å²) >= 11 is 0. The van der Waals surface area contributed by atoms with Gasteiger partial charge in [0.15, 0.2) is 0 Å². The highest BCUT2D eigenvalue weighted by molar-refractivity contribution is 5.97. The molecule has 1 saturated heterocycles. The average molecular weight is 349 g/mol. The number of aromatic nitrogens is 3. The van der Waals surface area contributed by atoms with E-state index in [2.05, 4.69) is 33.3 Å². The molecule has 1 aliphatic heterocycles. The van der Waals surface area contributed by atoms with Gasteiger partial charge in [0.05, 0.1) is 17.4 Å². The predicted octanol–water partition coefficient (Wildman–Crippen LogP) is 2.97. The van der Waals surface area contributed by atoms with E-state index in [4.69, 9.17) is 0 Å². The van der Waals surface area contributed by atoms with Gasteiger partial charge in [-0.15, -0.1) is 0 Å². The fraction of sp³-hybridized carbons (Fsp3) is 0.350. The quantitative estimate of drug-likeness (QED) is 0.729. The highest BCUT2D eigenvalue weighted by Crippen LogP contribution is 2.20. The number of pyridine rings is 1. The molecule has 1 fully saturated rings. The van der Waals surface area contributed by atoms with Crippen LogP contribution in [-0.2, 0) is 0 Å². The zero-order valence-corrected chi connectivity index (χ0v) is 15.2. The van der Waals surface area contributed by atoms with Gasteiger partial charge in [0.1, 0.15) is 5.82 Å². The first kappa shape index (κ1) is 16.6. The van der Waals surface area contributed by atoms with Crippen molar-refractivity contribution in [3.63, 3.8) is 0 Å². The van der Waals surface area contributed by atoms with Gasteiger partial charge in [0.25, 0.3) is 5.91 Å². The summed E-state index contributed by atoms with van der Waals surface area (Å²) in [6.07, 6.45) is 3.65. The van der Waals surface area contributed by atoms with E-state index < -0.39 is 0 Å². The maximum atomic E-state index is 12.9. The van der Waals surface area contributed by atoms with Crippen molar-refractivity contribution in [3.05, 3.63) is 54.5 Å². The van der Waals surface area contributed by atoms with Gasteiger partial charge in [-0.3, -0.25) is 4.79 Å². The molecule has 0 saturated carbocycles. The molecule has 2 aromatic heterocycles. The minimum absolute atomic E-state index is 0.0756. The Labute approximate surface area is 153 Å². The first-order chi connectivity index (χ1) is 12.6. The van der Waals surface area contributed by atoms with Crippen LogP contribution in [0.1, 0.15) is 30.2 Å². The predicted molar refractivity (Wildman–Crippen MR) is 102 cm³/mol. The standard InChI is InChI=1S/C20H23N5O/c1-15(2)25-14-22-17-13-16(6-7-18(17)25)20(26)24-11-9-23(10-12-24)19-5-3-4-8-21-19/h3-8,13-15H,9-12H2,1-2H3. The third kappa shape index (κ3) is 3.03. The lowest BCUT2D eigenvalue weighted by Crippen LogP contribution is -2.49. The number of carbonyl (C=O) groups excluding carboxylic acids is 1. The number of piperazine rings is 1. The van der Waals surface area contributed by atoms with Crippen LogP contribution in [0.25, 0.3) is 11.0 Å². The molecule has 0 radical (unpaired) electrons. The molecular formula is C20H23N5O. The van der Waals surface area contributed by atoms with Gasteiger partial charge >= 0.3 is 0 Å². The van der Waals surface area contributed by atoms with E-state index in [1.54, 1.807) is 6.20 Å². The molecule has 134 valence electrons. The van der Waals surface area contributed by atoms with Crippen LogP contribution in [0.2, 0.25) is 0 Å². The van der Waals surface area contributed by atoms with Crippen LogP contribution in [0.5, 0.6) is 0 Å². The molecule has 0 N–H and O–H groups in total. The van der Waals surface area contributed by atoms with Crippen LogP contribution >= 0.6 is 0 Å². The molecule has 0 bridgehead atoms. The minimum atomic E-state index is 0.0756. The SMILES string of the molecule is CC(C)n1cnc2cc(C(=O)N3CCN(c4ccccn4)CC3)ccc21. The summed E-state index contributed by atoms with van der Waals surface area (Å²) in [4.78, 5) is 25.9. The van der Waals surface area contributed by atoms with E-state index in [0.717, 1.165) is 29.9 Å². The van der Waals surface area contributed by atoms with Gasteiger partial charge in [-0.1, -0.05) is 6.07 Å². The summed E-state index contributed by atoms with van der Waals surface area (Å²) in [5.41, 5.74) is 2.64. The maximum absolute atomic E-state index is 12.9. The molecule has 0 atom stereocenters. The Bertz CT molecular complexity index is 910. The van der Waals surface area contributed by atoms with Gasteiger partial charge in [-0.25, -0.2) is 9.97 Å². The van der Waals surface area contributed by atoms with Crippen LogP contribution < -0.4 is 4.90 Å². The molecule has 3 heterocycles. The number of nitrogens with zero attached hydrogens (tertiary/aromatic N) is 5. The lowest BCUT2D eigenvalue weighted by molar-refractivity contribution is 0.0746. The molecule has 4 rings (SSSR count). The van der Waals surface area contributed by atoms with Crippen LogP contribution in [0, 0.1) is 0 Å². The first-order valence-electron chi connectivity index (χ1n) is 9.05. The highest BCUT2D eigenvalue weighted by atomic mass is 16.2. The number of amides is 1. The summed E-state index contributed by atoms with van der Waals surface area (Å²) in [5.74, 6) is 1.05. The molecule has 1 amide bonds. The molecule has 3 aromatic rings. The lowest BCUT2D eigenvalue weighted by atomic mass is 10.1. The van der Waals surface area contributed by atoms with E-state index in [0.29, 0.717) is 24.7 Å². The Hall–Kier alpha value is -2.89. The van der Waals surface area contributed by atoms with Gasteiger partial charge < -0.3 is 14.4 Å². The van der Waals surface area contributed by atoms with Gasteiger partial charge in [0, 0.05) is 44.0 Å². The van der Waals surface area contributed by atoms with Gasteiger partial charge in [0.2, 0.25) is 0 Å². The highest BCUT2D eigenvalue weighted by Gasteiger charge is 2.23.